The highest BCUT2D eigenvalue weighted by molar-refractivity contribution is 7.92. The van der Waals surface area contributed by atoms with Crippen LogP contribution in [0.3, 0.4) is 0 Å². The van der Waals surface area contributed by atoms with E-state index in [1.807, 2.05) is 11.6 Å². The summed E-state index contributed by atoms with van der Waals surface area (Å²) in [5.74, 6) is 1.24. The predicted molar refractivity (Wildman–Crippen MR) is 155 cm³/mol. The lowest BCUT2D eigenvalue weighted by atomic mass is 9.92. The number of aryl methyl sites for hydroxylation is 1. The van der Waals surface area contributed by atoms with Crippen molar-refractivity contribution >= 4 is 32.7 Å². The Morgan fingerprint density at radius 3 is 2.44 bits per heavy atom. The summed E-state index contributed by atoms with van der Waals surface area (Å²) < 4.78 is 45.6. The molecule has 6 rings (SSSR count). The van der Waals surface area contributed by atoms with Gasteiger partial charge in [-0.1, -0.05) is 0 Å². The normalized spacial score (nSPS) is 22.3. The largest absolute Gasteiger partial charge is 0.480 e. The third kappa shape index (κ3) is 6.04. The Kier molecular flexibility index (Phi) is 7.88. The van der Waals surface area contributed by atoms with E-state index < -0.39 is 10.0 Å². The number of pyridine rings is 1. The zero-order chi connectivity index (χ0) is 28.6. The van der Waals surface area contributed by atoms with Crippen LogP contribution in [0.2, 0.25) is 0 Å². The molecule has 0 aromatic carbocycles. The minimum absolute atomic E-state index is 0.110. The zero-order valence-corrected chi connectivity index (χ0v) is 24.7. The average molecular weight is 587 g/mol. The fraction of sp³-hybridized carbons (Fsp3) is 0.630. The van der Waals surface area contributed by atoms with Gasteiger partial charge in [-0.05, 0) is 57.7 Å². The second-order valence-electron chi connectivity index (χ2n) is 11.0. The maximum Gasteiger partial charge on any atom is 0.298 e. The molecular formula is C27H38N8O5S. The van der Waals surface area contributed by atoms with E-state index in [4.69, 9.17) is 29.2 Å². The van der Waals surface area contributed by atoms with Gasteiger partial charge in [-0.25, -0.2) is 23.4 Å². The van der Waals surface area contributed by atoms with Gasteiger partial charge in [0.05, 0.1) is 26.6 Å². The van der Waals surface area contributed by atoms with Crippen molar-refractivity contribution in [1.82, 2.24) is 29.4 Å². The molecule has 0 radical (unpaired) electrons. The van der Waals surface area contributed by atoms with Crippen LogP contribution in [0.1, 0.15) is 38.5 Å². The van der Waals surface area contributed by atoms with E-state index in [1.165, 1.54) is 33.0 Å². The summed E-state index contributed by atoms with van der Waals surface area (Å²) in [6.07, 6.45) is 9.69. The highest BCUT2D eigenvalue weighted by Gasteiger charge is 2.30. The molecule has 3 aromatic rings. The molecule has 5 heterocycles. The number of nitrogens with one attached hydrogen (secondary N) is 1. The van der Waals surface area contributed by atoms with Crippen molar-refractivity contribution < 1.29 is 22.6 Å². The number of rotatable bonds is 8. The number of aromatic nitrogens is 5. The van der Waals surface area contributed by atoms with Crippen molar-refractivity contribution in [1.29, 1.82) is 0 Å². The Bertz CT molecular complexity index is 1490. The number of imidazole rings is 1. The summed E-state index contributed by atoms with van der Waals surface area (Å²) in [6.45, 7) is 4.96. The van der Waals surface area contributed by atoms with Gasteiger partial charge in [-0.3, -0.25) is 9.29 Å². The first-order chi connectivity index (χ1) is 19.8. The first-order valence-electron chi connectivity index (χ1n) is 14.3. The number of hydrogen-bond acceptors (Lipinski definition) is 11. The Morgan fingerprint density at radius 2 is 1.76 bits per heavy atom. The average Bonchev–Trinajstić information content (AvgIpc) is 3.61. The number of morpholine rings is 1. The SMILES string of the molecule is COc1ncc(-c2nc(N3CCOCC3)c3nc(OC4CCC(N5CCCC5)CC4)n(C)c3n2)cc1NS(C)(=O)=O. The molecule has 1 saturated carbocycles. The molecule has 13 nitrogen and oxygen atoms in total. The van der Waals surface area contributed by atoms with Crippen LogP contribution in [0.15, 0.2) is 12.3 Å². The van der Waals surface area contributed by atoms with Gasteiger partial charge in [-0.15, -0.1) is 0 Å². The van der Waals surface area contributed by atoms with Crippen LogP contribution in [0.4, 0.5) is 11.5 Å². The van der Waals surface area contributed by atoms with Crippen LogP contribution in [0, 0.1) is 0 Å². The molecule has 1 aliphatic carbocycles. The molecule has 222 valence electrons. The molecule has 0 unspecified atom stereocenters. The fourth-order valence-electron chi connectivity index (χ4n) is 6.05. The van der Waals surface area contributed by atoms with Crippen molar-refractivity contribution in [2.45, 2.75) is 50.7 Å². The second-order valence-corrected chi connectivity index (χ2v) is 12.8. The van der Waals surface area contributed by atoms with Crippen molar-refractivity contribution in [3.05, 3.63) is 12.3 Å². The number of likely N-dealkylation sites (tertiary alicyclic amines) is 1. The smallest absolute Gasteiger partial charge is 0.298 e. The number of anilines is 2. The van der Waals surface area contributed by atoms with Crippen molar-refractivity contribution in [2.24, 2.45) is 7.05 Å². The van der Waals surface area contributed by atoms with Gasteiger partial charge in [0.25, 0.3) is 6.01 Å². The van der Waals surface area contributed by atoms with E-state index >= 15 is 0 Å². The quantitative estimate of drug-likeness (QED) is 0.417. The Balaban J connectivity index is 1.33. The molecule has 14 heteroatoms. The van der Waals surface area contributed by atoms with Gasteiger partial charge in [-0.2, -0.15) is 4.98 Å². The standard InChI is InChI=1S/C27H38N8O5S/c1-33-24-22(29-27(33)40-20-8-6-19(7-9-20)34-10-4-5-11-34)25(35-12-14-39-15-13-35)31-23(30-24)18-16-21(32-41(3,36)37)26(38-2)28-17-18/h16-17,19-20,32H,4-15H2,1-3H3. The minimum atomic E-state index is -3.56. The molecule has 2 aliphatic heterocycles. The van der Waals surface area contributed by atoms with Gasteiger partial charge in [0, 0.05) is 37.9 Å². The molecule has 1 N–H and O–H groups in total. The van der Waals surface area contributed by atoms with E-state index in [-0.39, 0.29) is 17.7 Å². The molecule has 3 aliphatic rings. The van der Waals surface area contributed by atoms with Crippen LogP contribution in [0.25, 0.3) is 22.6 Å². The van der Waals surface area contributed by atoms with E-state index in [9.17, 15) is 8.42 Å². The zero-order valence-electron chi connectivity index (χ0n) is 23.9. The van der Waals surface area contributed by atoms with Crippen LogP contribution < -0.4 is 19.1 Å². The topological polar surface area (TPSA) is 137 Å². The number of hydrogen-bond donors (Lipinski definition) is 1. The monoisotopic (exact) mass is 586 g/mol. The van der Waals surface area contributed by atoms with Crippen molar-refractivity contribution in [3.63, 3.8) is 0 Å². The molecule has 3 aromatic heterocycles. The summed E-state index contributed by atoms with van der Waals surface area (Å²) in [5, 5.41) is 0. The van der Waals surface area contributed by atoms with Crippen molar-refractivity contribution in [3.8, 4) is 23.3 Å². The lowest BCUT2D eigenvalue weighted by molar-refractivity contribution is 0.0911. The van der Waals surface area contributed by atoms with Gasteiger partial charge in [0.2, 0.25) is 15.9 Å². The maximum atomic E-state index is 12.0. The third-order valence-electron chi connectivity index (χ3n) is 8.14. The summed E-state index contributed by atoms with van der Waals surface area (Å²) in [4.78, 5) is 23.8. The third-order valence-corrected chi connectivity index (χ3v) is 8.73. The second kappa shape index (κ2) is 11.6. The highest BCUT2D eigenvalue weighted by atomic mass is 32.2. The predicted octanol–water partition coefficient (Wildman–Crippen LogP) is 2.43. The molecule has 41 heavy (non-hydrogen) atoms. The van der Waals surface area contributed by atoms with E-state index in [2.05, 4.69) is 19.5 Å². The summed E-state index contributed by atoms with van der Waals surface area (Å²) in [6, 6.07) is 2.82. The Hall–Kier alpha value is -3.23. The Morgan fingerprint density at radius 1 is 1.02 bits per heavy atom. The lowest BCUT2D eigenvalue weighted by Crippen LogP contribution is -2.38. The van der Waals surface area contributed by atoms with Gasteiger partial charge >= 0.3 is 0 Å². The lowest BCUT2D eigenvalue weighted by Gasteiger charge is -2.34. The number of ether oxygens (including phenoxy) is 3. The van der Waals surface area contributed by atoms with E-state index in [1.54, 1.807) is 12.3 Å². The van der Waals surface area contributed by atoms with Gasteiger partial charge in [0.15, 0.2) is 22.8 Å². The minimum Gasteiger partial charge on any atom is -0.480 e. The number of methoxy groups -OCH3 is 1. The summed E-state index contributed by atoms with van der Waals surface area (Å²) in [5.41, 5.74) is 2.04. The van der Waals surface area contributed by atoms with E-state index in [0.717, 1.165) is 31.9 Å². The summed E-state index contributed by atoms with van der Waals surface area (Å²) in [7, 11) is -0.220. The van der Waals surface area contributed by atoms with Crippen LogP contribution in [-0.4, -0.2) is 103 Å². The number of sulfonamides is 1. The van der Waals surface area contributed by atoms with Crippen LogP contribution >= 0.6 is 0 Å². The first kappa shape index (κ1) is 27.9. The molecular weight excluding hydrogens is 548 g/mol. The molecule has 0 spiro atoms. The molecule has 2 saturated heterocycles. The highest BCUT2D eigenvalue weighted by Crippen LogP contribution is 2.34. The molecule has 0 atom stereocenters. The number of nitrogens with zero attached hydrogens (tertiary/aromatic N) is 7. The maximum absolute atomic E-state index is 12.0. The van der Waals surface area contributed by atoms with Gasteiger partial charge in [0.1, 0.15) is 11.8 Å². The van der Waals surface area contributed by atoms with E-state index in [0.29, 0.717) is 66.7 Å². The Labute approximate surface area is 240 Å². The number of fused-ring (bicyclic) bond motifs is 1. The molecule has 0 bridgehead atoms. The summed E-state index contributed by atoms with van der Waals surface area (Å²) >= 11 is 0. The fourth-order valence-corrected chi connectivity index (χ4v) is 6.60. The van der Waals surface area contributed by atoms with Crippen LogP contribution in [0.5, 0.6) is 11.9 Å². The van der Waals surface area contributed by atoms with Gasteiger partial charge < -0.3 is 24.0 Å². The van der Waals surface area contributed by atoms with Crippen molar-refractivity contribution in [2.75, 3.05) is 62.4 Å². The molecule has 3 fully saturated rings. The first-order valence-corrected chi connectivity index (χ1v) is 16.2. The van der Waals surface area contributed by atoms with Crippen LogP contribution in [-0.2, 0) is 21.8 Å². The molecule has 0 amide bonds.